The van der Waals surface area contributed by atoms with Crippen LogP contribution in [0.3, 0.4) is 0 Å². The van der Waals surface area contributed by atoms with E-state index in [0.717, 1.165) is 0 Å². The number of fused-ring (bicyclic) bond motifs is 1. The minimum absolute atomic E-state index is 0.0843. The Morgan fingerprint density at radius 3 is 2.31 bits per heavy atom. The summed E-state index contributed by atoms with van der Waals surface area (Å²) in [6.07, 6.45) is 0. The van der Waals surface area contributed by atoms with Gasteiger partial charge in [0, 0.05) is 16.7 Å². The third-order valence-corrected chi connectivity index (χ3v) is 5.62. The molecular formula is C18H16ClNO5S. The first-order valence-electron chi connectivity index (χ1n) is 7.71. The van der Waals surface area contributed by atoms with Crippen molar-refractivity contribution in [2.24, 2.45) is 0 Å². The maximum Gasteiger partial charge on any atom is 0.271 e. The van der Waals surface area contributed by atoms with Crippen LogP contribution in [-0.2, 0) is 14.8 Å². The average molecular weight is 394 g/mol. The lowest BCUT2D eigenvalue weighted by atomic mass is 10.3. The second-order valence-corrected chi connectivity index (χ2v) is 7.86. The highest BCUT2D eigenvalue weighted by Gasteiger charge is 2.32. The number of hydrogen-bond acceptors (Lipinski definition) is 5. The molecule has 0 spiro atoms. The number of hydrogen-bond donors (Lipinski definition) is 0. The number of rotatable bonds is 4. The van der Waals surface area contributed by atoms with Crippen LogP contribution >= 0.6 is 11.6 Å². The second-order valence-electron chi connectivity index (χ2n) is 5.64. The molecule has 1 amide bonds. The van der Waals surface area contributed by atoms with Crippen LogP contribution in [0.5, 0.6) is 11.5 Å². The first kappa shape index (κ1) is 18.3. The van der Waals surface area contributed by atoms with Gasteiger partial charge in [0.15, 0.2) is 11.5 Å². The summed E-state index contributed by atoms with van der Waals surface area (Å²) < 4.78 is 37.9. The van der Waals surface area contributed by atoms with E-state index >= 15 is 0 Å². The summed E-state index contributed by atoms with van der Waals surface area (Å²) in [6, 6.07) is 10.2. The highest BCUT2D eigenvalue weighted by atomic mass is 35.5. The Balaban J connectivity index is 2.11. The summed E-state index contributed by atoms with van der Waals surface area (Å²) in [4.78, 5) is 12.5. The summed E-state index contributed by atoms with van der Waals surface area (Å²) in [5.74, 6) is 0.0397. The lowest BCUT2D eigenvalue weighted by molar-refractivity contribution is -0.113. The van der Waals surface area contributed by atoms with Gasteiger partial charge in [0.1, 0.15) is 13.2 Å². The molecule has 0 unspecified atom stereocenters. The molecule has 1 aliphatic rings. The number of amides is 1. The van der Waals surface area contributed by atoms with Crippen LogP contribution in [0.1, 0.15) is 6.92 Å². The molecule has 2 aromatic rings. The number of anilines is 1. The van der Waals surface area contributed by atoms with Crippen molar-refractivity contribution >= 4 is 33.2 Å². The minimum atomic E-state index is -4.20. The number of sulfonamides is 1. The van der Waals surface area contributed by atoms with E-state index in [0.29, 0.717) is 34.0 Å². The summed E-state index contributed by atoms with van der Waals surface area (Å²) in [5, 5.41) is 0.424. The van der Waals surface area contributed by atoms with Crippen molar-refractivity contribution in [1.29, 1.82) is 0 Å². The van der Waals surface area contributed by atoms with Crippen molar-refractivity contribution < 1.29 is 22.7 Å². The first-order chi connectivity index (χ1) is 12.3. The Hall–Kier alpha value is -2.51. The van der Waals surface area contributed by atoms with E-state index in [1.807, 2.05) is 0 Å². The zero-order valence-electron chi connectivity index (χ0n) is 13.9. The molecule has 3 rings (SSSR count). The molecule has 0 aliphatic carbocycles. The molecule has 136 valence electrons. The Labute approximate surface area is 156 Å². The average Bonchev–Trinajstić information content (AvgIpc) is 2.62. The molecule has 0 radical (unpaired) electrons. The molecule has 2 aromatic carbocycles. The summed E-state index contributed by atoms with van der Waals surface area (Å²) in [5.41, 5.74) is 0.248. The maximum absolute atomic E-state index is 13.2. The van der Waals surface area contributed by atoms with Gasteiger partial charge in [0.2, 0.25) is 0 Å². The lowest BCUT2D eigenvalue weighted by Crippen LogP contribution is -2.37. The molecule has 0 saturated heterocycles. The quantitative estimate of drug-likeness (QED) is 0.744. The van der Waals surface area contributed by atoms with Gasteiger partial charge in [-0.15, -0.1) is 0 Å². The smallest absolute Gasteiger partial charge is 0.271 e. The Morgan fingerprint density at radius 1 is 1.08 bits per heavy atom. The monoisotopic (exact) mass is 393 g/mol. The van der Waals surface area contributed by atoms with Crippen LogP contribution in [-0.4, -0.2) is 27.5 Å². The van der Waals surface area contributed by atoms with E-state index in [1.165, 1.54) is 49.4 Å². The highest BCUT2D eigenvalue weighted by Crippen LogP contribution is 2.34. The molecule has 0 fully saturated rings. The molecule has 1 aliphatic heterocycles. The fourth-order valence-corrected chi connectivity index (χ4v) is 4.01. The topological polar surface area (TPSA) is 72.9 Å². The van der Waals surface area contributed by atoms with Crippen molar-refractivity contribution in [3.05, 3.63) is 59.6 Å². The third-order valence-electron chi connectivity index (χ3n) is 3.66. The van der Waals surface area contributed by atoms with Gasteiger partial charge in [-0.25, -0.2) is 8.42 Å². The molecule has 0 saturated carbocycles. The number of halogens is 1. The van der Waals surface area contributed by atoms with E-state index in [2.05, 4.69) is 6.58 Å². The summed E-state index contributed by atoms with van der Waals surface area (Å²) in [6.45, 7) is 5.73. The third kappa shape index (κ3) is 3.40. The van der Waals surface area contributed by atoms with Crippen LogP contribution < -0.4 is 13.8 Å². The highest BCUT2D eigenvalue weighted by molar-refractivity contribution is 7.93. The van der Waals surface area contributed by atoms with Crippen molar-refractivity contribution in [3.63, 3.8) is 0 Å². The number of carbonyl (C=O) groups excluding carboxylic acids is 1. The Kier molecular flexibility index (Phi) is 4.93. The predicted molar refractivity (Wildman–Crippen MR) is 98.4 cm³/mol. The van der Waals surface area contributed by atoms with Gasteiger partial charge in [0.05, 0.1) is 10.6 Å². The van der Waals surface area contributed by atoms with Gasteiger partial charge in [-0.3, -0.25) is 4.79 Å². The summed E-state index contributed by atoms with van der Waals surface area (Å²) >= 11 is 5.87. The molecule has 0 bridgehead atoms. The van der Waals surface area contributed by atoms with Gasteiger partial charge in [-0.05, 0) is 43.3 Å². The van der Waals surface area contributed by atoms with Crippen molar-refractivity contribution in [3.8, 4) is 11.5 Å². The van der Waals surface area contributed by atoms with E-state index in [-0.39, 0.29) is 16.2 Å². The van der Waals surface area contributed by atoms with E-state index in [1.54, 1.807) is 0 Å². The van der Waals surface area contributed by atoms with Gasteiger partial charge in [-0.1, -0.05) is 18.2 Å². The van der Waals surface area contributed by atoms with Gasteiger partial charge >= 0.3 is 0 Å². The Morgan fingerprint density at radius 2 is 1.69 bits per heavy atom. The van der Waals surface area contributed by atoms with Gasteiger partial charge in [0.25, 0.3) is 15.9 Å². The fraction of sp³-hybridized carbons (Fsp3) is 0.167. The number of ether oxygens (including phenoxy) is 2. The van der Waals surface area contributed by atoms with Gasteiger partial charge < -0.3 is 9.47 Å². The van der Waals surface area contributed by atoms with Crippen molar-refractivity contribution in [2.75, 3.05) is 17.5 Å². The maximum atomic E-state index is 13.2. The lowest BCUT2D eigenvalue weighted by Gasteiger charge is -2.24. The Bertz CT molecular complexity index is 970. The number of nitrogens with zero attached hydrogens (tertiary/aromatic N) is 1. The first-order valence-corrected chi connectivity index (χ1v) is 9.53. The molecule has 8 heteroatoms. The molecule has 6 nitrogen and oxygen atoms in total. The van der Waals surface area contributed by atoms with Crippen molar-refractivity contribution in [2.45, 2.75) is 11.8 Å². The molecule has 0 atom stereocenters. The van der Waals surface area contributed by atoms with Crippen LogP contribution in [0.2, 0.25) is 5.02 Å². The zero-order chi connectivity index (χ0) is 18.9. The SMILES string of the molecule is C=C(C)C(=O)N(c1ccc(Cl)cc1)S(=O)(=O)c1ccc2c(c1)OCCO2. The standard InChI is InChI=1S/C18H16ClNO5S/c1-12(2)18(21)20(14-5-3-13(19)4-6-14)26(22,23)15-7-8-16-17(11-15)25-10-9-24-16/h3-8,11H,1,9-10H2,2H3. The second kappa shape index (κ2) is 7.01. The molecule has 26 heavy (non-hydrogen) atoms. The predicted octanol–water partition coefficient (Wildman–Crippen LogP) is 3.41. The molecule has 1 heterocycles. The van der Waals surface area contributed by atoms with Gasteiger partial charge in [-0.2, -0.15) is 4.31 Å². The van der Waals surface area contributed by atoms with E-state index in [4.69, 9.17) is 21.1 Å². The minimum Gasteiger partial charge on any atom is -0.486 e. The van der Waals surface area contributed by atoms with Crippen LogP contribution in [0.4, 0.5) is 5.69 Å². The zero-order valence-corrected chi connectivity index (χ0v) is 15.5. The molecule has 0 N–H and O–H groups in total. The van der Waals surface area contributed by atoms with E-state index < -0.39 is 15.9 Å². The fourth-order valence-electron chi connectivity index (χ4n) is 2.40. The number of benzene rings is 2. The van der Waals surface area contributed by atoms with Crippen LogP contribution in [0.25, 0.3) is 0 Å². The summed E-state index contributed by atoms with van der Waals surface area (Å²) in [7, 11) is -4.20. The van der Waals surface area contributed by atoms with Crippen LogP contribution in [0.15, 0.2) is 59.5 Å². The normalized spacial score (nSPS) is 13.2. The van der Waals surface area contributed by atoms with Crippen LogP contribution in [0, 0.1) is 0 Å². The molecule has 0 aromatic heterocycles. The van der Waals surface area contributed by atoms with E-state index in [9.17, 15) is 13.2 Å². The number of carbonyl (C=O) groups is 1. The molecular weight excluding hydrogens is 378 g/mol. The van der Waals surface area contributed by atoms with Crippen molar-refractivity contribution in [1.82, 2.24) is 0 Å². The largest absolute Gasteiger partial charge is 0.486 e.